The minimum atomic E-state index is -4.65. The quantitative estimate of drug-likeness (QED) is 0.606. The summed E-state index contributed by atoms with van der Waals surface area (Å²) in [5.74, 6) is -2.06. The number of hydrogen-bond acceptors (Lipinski definition) is 1. The lowest BCUT2D eigenvalue weighted by Gasteiger charge is -2.17. The van der Waals surface area contributed by atoms with Crippen molar-refractivity contribution in [3.05, 3.63) is 70.2 Å². The SMILES string of the molecule is O=C(O)c1cccc2c3c(n(Cc4cc(F)cc(C(F)(F)F)c4)c12)CCCC3. The molecule has 146 valence electrons. The molecule has 0 bridgehead atoms. The fraction of sp³-hybridized carbons (Fsp3) is 0.286. The molecule has 0 spiro atoms. The van der Waals surface area contributed by atoms with Crippen molar-refractivity contribution < 1.29 is 27.5 Å². The van der Waals surface area contributed by atoms with Gasteiger partial charge in [-0.3, -0.25) is 0 Å². The number of halogens is 4. The van der Waals surface area contributed by atoms with E-state index in [1.165, 1.54) is 6.07 Å². The van der Waals surface area contributed by atoms with E-state index in [2.05, 4.69) is 0 Å². The molecule has 0 atom stereocenters. The maximum absolute atomic E-state index is 13.8. The predicted octanol–water partition coefficient (Wildman–Crippen LogP) is 5.42. The molecule has 1 N–H and O–H groups in total. The first-order chi connectivity index (χ1) is 13.3. The number of aryl methyl sites for hydroxylation is 1. The van der Waals surface area contributed by atoms with Gasteiger partial charge in [0.05, 0.1) is 16.6 Å². The van der Waals surface area contributed by atoms with Crippen LogP contribution in [0.2, 0.25) is 0 Å². The summed E-state index contributed by atoms with van der Waals surface area (Å²) in [4.78, 5) is 11.8. The molecule has 0 unspecified atom stereocenters. The summed E-state index contributed by atoms with van der Waals surface area (Å²) in [7, 11) is 0. The first kappa shape index (κ1) is 18.5. The number of aromatic carboxylic acids is 1. The summed E-state index contributed by atoms with van der Waals surface area (Å²) in [6, 6.07) is 7.46. The molecule has 3 nitrogen and oxygen atoms in total. The highest BCUT2D eigenvalue weighted by Crippen LogP contribution is 2.36. The van der Waals surface area contributed by atoms with E-state index < -0.39 is 23.5 Å². The van der Waals surface area contributed by atoms with Crippen molar-refractivity contribution in [1.82, 2.24) is 4.57 Å². The number of carboxylic acid groups (broad SMARTS) is 1. The molecule has 0 aliphatic heterocycles. The molecule has 1 aliphatic rings. The first-order valence-corrected chi connectivity index (χ1v) is 8.98. The second kappa shape index (κ2) is 6.65. The Labute approximate surface area is 158 Å². The topological polar surface area (TPSA) is 42.2 Å². The molecule has 1 aromatic heterocycles. The van der Waals surface area contributed by atoms with Gasteiger partial charge in [0, 0.05) is 17.6 Å². The Kier molecular flexibility index (Phi) is 4.40. The monoisotopic (exact) mass is 391 g/mol. The zero-order valence-electron chi connectivity index (χ0n) is 14.8. The zero-order chi connectivity index (χ0) is 20.1. The molecule has 3 aromatic rings. The lowest BCUT2D eigenvalue weighted by Crippen LogP contribution is -2.12. The van der Waals surface area contributed by atoms with E-state index in [9.17, 15) is 27.5 Å². The third kappa shape index (κ3) is 3.15. The van der Waals surface area contributed by atoms with Crippen LogP contribution in [0.25, 0.3) is 10.9 Å². The maximum Gasteiger partial charge on any atom is 0.416 e. The van der Waals surface area contributed by atoms with E-state index in [0.717, 1.165) is 48.0 Å². The number of rotatable bonds is 3. The Morgan fingerprint density at radius 3 is 2.57 bits per heavy atom. The van der Waals surface area contributed by atoms with Gasteiger partial charge >= 0.3 is 12.1 Å². The van der Waals surface area contributed by atoms with Gasteiger partial charge in [-0.1, -0.05) is 12.1 Å². The van der Waals surface area contributed by atoms with Crippen LogP contribution in [-0.4, -0.2) is 15.6 Å². The van der Waals surface area contributed by atoms with Crippen molar-refractivity contribution in [1.29, 1.82) is 0 Å². The van der Waals surface area contributed by atoms with Crippen molar-refractivity contribution in [3.8, 4) is 0 Å². The van der Waals surface area contributed by atoms with Gasteiger partial charge in [-0.15, -0.1) is 0 Å². The summed E-state index contributed by atoms with van der Waals surface area (Å²) in [5, 5.41) is 10.4. The van der Waals surface area contributed by atoms with Crippen molar-refractivity contribution in [3.63, 3.8) is 0 Å². The lowest BCUT2D eigenvalue weighted by atomic mass is 9.95. The van der Waals surface area contributed by atoms with Crippen molar-refractivity contribution in [2.45, 2.75) is 38.4 Å². The molecule has 2 aromatic carbocycles. The second-order valence-corrected chi connectivity index (χ2v) is 7.07. The largest absolute Gasteiger partial charge is 0.478 e. The van der Waals surface area contributed by atoms with E-state index in [1.54, 1.807) is 10.6 Å². The van der Waals surface area contributed by atoms with Crippen LogP contribution < -0.4 is 0 Å². The molecule has 7 heteroatoms. The lowest BCUT2D eigenvalue weighted by molar-refractivity contribution is -0.137. The maximum atomic E-state index is 13.8. The molecule has 0 saturated carbocycles. The summed E-state index contributed by atoms with van der Waals surface area (Å²) in [5.41, 5.74) is 1.65. The van der Waals surface area contributed by atoms with E-state index in [4.69, 9.17) is 0 Å². The van der Waals surface area contributed by atoms with Gasteiger partial charge in [0.25, 0.3) is 0 Å². The van der Waals surface area contributed by atoms with Crippen LogP contribution >= 0.6 is 0 Å². The Morgan fingerprint density at radius 2 is 1.86 bits per heavy atom. The van der Waals surface area contributed by atoms with Gasteiger partial charge in [0.15, 0.2) is 0 Å². The summed E-state index contributed by atoms with van der Waals surface area (Å²) >= 11 is 0. The molecule has 0 saturated heterocycles. The number of aromatic nitrogens is 1. The first-order valence-electron chi connectivity index (χ1n) is 8.98. The van der Waals surface area contributed by atoms with Gasteiger partial charge in [0.2, 0.25) is 0 Å². The van der Waals surface area contributed by atoms with Crippen LogP contribution in [0.5, 0.6) is 0 Å². The van der Waals surface area contributed by atoms with Gasteiger partial charge in [-0.2, -0.15) is 13.2 Å². The normalized spacial score (nSPS) is 14.3. The van der Waals surface area contributed by atoms with E-state index in [1.807, 2.05) is 6.07 Å². The van der Waals surface area contributed by atoms with Gasteiger partial charge in [-0.05, 0) is 61.1 Å². The van der Waals surface area contributed by atoms with Gasteiger partial charge < -0.3 is 9.67 Å². The molecule has 28 heavy (non-hydrogen) atoms. The molecule has 1 aliphatic carbocycles. The highest BCUT2D eigenvalue weighted by atomic mass is 19.4. The van der Waals surface area contributed by atoms with Crippen LogP contribution in [0.3, 0.4) is 0 Å². The van der Waals surface area contributed by atoms with E-state index in [-0.39, 0.29) is 17.7 Å². The highest BCUT2D eigenvalue weighted by molar-refractivity contribution is 6.04. The van der Waals surface area contributed by atoms with Crippen LogP contribution in [0, 0.1) is 5.82 Å². The average Bonchev–Trinajstić information content (AvgIpc) is 2.95. The number of benzene rings is 2. The molecule has 0 radical (unpaired) electrons. The van der Waals surface area contributed by atoms with Crippen molar-refractivity contribution in [2.24, 2.45) is 0 Å². The minimum absolute atomic E-state index is 0.0169. The van der Waals surface area contributed by atoms with Crippen LogP contribution in [-0.2, 0) is 25.6 Å². The predicted molar refractivity (Wildman–Crippen MR) is 96.0 cm³/mol. The number of fused-ring (bicyclic) bond motifs is 3. The third-order valence-electron chi connectivity index (χ3n) is 5.25. The standard InChI is InChI=1S/C21H17F4NO2/c22-14-9-12(8-13(10-14)21(23,24)25)11-26-18-7-2-1-4-15(18)16-5-3-6-17(19(16)26)20(27)28/h3,5-6,8-10H,1-2,4,7,11H2,(H,27,28). The third-order valence-corrected chi connectivity index (χ3v) is 5.25. The molecule has 4 rings (SSSR count). The zero-order valence-corrected chi connectivity index (χ0v) is 14.8. The van der Waals surface area contributed by atoms with Crippen LogP contribution in [0.4, 0.5) is 17.6 Å². The molecule has 0 amide bonds. The van der Waals surface area contributed by atoms with Gasteiger partial charge in [-0.25, -0.2) is 9.18 Å². The summed E-state index contributed by atoms with van der Waals surface area (Å²) in [6.07, 6.45) is -1.26. The summed E-state index contributed by atoms with van der Waals surface area (Å²) in [6.45, 7) is -0.0169. The number of hydrogen-bond donors (Lipinski definition) is 1. The number of nitrogens with zero attached hydrogens (tertiary/aromatic N) is 1. The number of alkyl halides is 3. The fourth-order valence-electron chi connectivity index (χ4n) is 4.13. The highest BCUT2D eigenvalue weighted by Gasteiger charge is 2.31. The number of carboxylic acids is 1. The average molecular weight is 391 g/mol. The van der Waals surface area contributed by atoms with Crippen molar-refractivity contribution >= 4 is 16.9 Å². The molecular weight excluding hydrogens is 374 g/mol. The van der Waals surface area contributed by atoms with E-state index >= 15 is 0 Å². The number of carbonyl (C=O) groups is 1. The summed E-state index contributed by atoms with van der Waals surface area (Å²) < 4.78 is 54.8. The van der Waals surface area contributed by atoms with Crippen LogP contribution in [0.1, 0.15) is 45.6 Å². The molecule has 1 heterocycles. The Balaban J connectivity index is 1.92. The molecule has 0 fully saturated rings. The van der Waals surface area contributed by atoms with E-state index in [0.29, 0.717) is 18.0 Å². The van der Waals surface area contributed by atoms with Gasteiger partial charge in [0.1, 0.15) is 5.82 Å². The van der Waals surface area contributed by atoms with Crippen molar-refractivity contribution in [2.75, 3.05) is 0 Å². The molecular formula is C21H17F4NO2. The Morgan fingerprint density at radius 1 is 1.11 bits per heavy atom. The van der Waals surface area contributed by atoms with Crippen LogP contribution in [0.15, 0.2) is 36.4 Å². The fourth-order valence-corrected chi connectivity index (χ4v) is 4.13. The minimum Gasteiger partial charge on any atom is -0.478 e. The Hall–Kier alpha value is -2.83. The smallest absolute Gasteiger partial charge is 0.416 e. The number of para-hydroxylation sites is 1. The second-order valence-electron chi connectivity index (χ2n) is 7.07. The Bertz CT molecular complexity index is 1080.